The van der Waals surface area contributed by atoms with Crippen LogP contribution in [-0.2, 0) is 11.2 Å². The van der Waals surface area contributed by atoms with E-state index in [-0.39, 0.29) is 23.2 Å². The lowest BCUT2D eigenvalue weighted by atomic mass is 10.1. The van der Waals surface area contributed by atoms with Gasteiger partial charge in [-0.05, 0) is 30.5 Å². The van der Waals surface area contributed by atoms with Gasteiger partial charge in [0.15, 0.2) is 5.82 Å². The van der Waals surface area contributed by atoms with Crippen LogP contribution in [0, 0.1) is 5.82 Å². The van der Waals surface area contributed by atoms with Gasteiger partial charge in [0.2, 0.25) is 5.91 Å². The standard InChI is InChI=1S/C17H18ClFN2O/c18-14-9-4-10-15(17(14)19)21-12-16(22)20-11-5-8-13-6-2-1-3-7-13/h1-4,6-7,9-10,21H,5,8,11-12H2,(H,20,22). The Hall–Kier alpha value is -2.07. The summed E-state index contributed by atoms with van der Waals surface area (Å²) < 4.78 is 13.6. The molecule has 2 aromatic carbocycles. The van der Waals surface area contributed by atoms with E-state index >= 15 is 0 Å². The molecule has 2 aromatic rings. The average molecular weight is 321 g/mol. The first kappa shape index (κ1) is 16.3. The number of rotatable bonds is 7. The fourth-order valence-electron chi connectivity index (χ4n) is 2.04. The summed E-state index contributed by atoms with van der Waals surface area (Å²) in [6, 6.07) is 14.7. The van der Waals surface area contributed by atoms with Crippen molar-refractivity contribution in [1.82, 2.24) is 5.32 Å². The van der Waals surface area contributed by atoms with Crippen molar-refractivity contribution >= 4 is 23.2 Å². The molecule has 0 atom stereocenters. The topological polar surface area (TPSA) is 41.1 Å². The largest absolute Gasteiger partial charge is 0.374 e. The first-order valence-electron chi connectivity index (χ1n) is 7.15. The third-order valence-electron chi connectivity index (χ3n) is 3.20. The molecule has 0 fully saturated rings. The highest BCUT2D eigenvalue weighted by atomic mass is 35.5. The van der Waals surface area contributed by atoms with Crippen molar-refractivity contribution in [2.45, 2.75) is 12.8 Å². The summed E-state index contributed by atoms with van der Waals surface area (Å²) in [4.78, 5) is 11.7. The molecule has 0 saturated heterocycles. The van der Waals surface area contributed by atoms with Crippen LogP contribution < -0.4 is 10.6 Å². The number of benzene rings is 2. The maximum absolute atomic E-state index is 13.6. The van der Waals surface area contributed by atoms with E-state index in [1.807, 2.05) is 18.2 Å². The van der Waals surface area contributed by atoms with Crippen LogP contribution in [0.25, 0.3) is 0 Å². The number of anilines is 1. The predicted molar refractivity (Wildman–Crippen MR) is 87.7 cm³/mol. The monoisotopic (exact) mass is 320 g/mol. The molecule has 5 heteroatoms. The van der Waals surface area contributed by atoms with Crippen LogP contribution in [0.4, 0.5) is 10.1 Å². The number of hydrogen-bond donors (Lipinski definition) is 2. The maximum atomic E-state index is 13.6. The van der Waals surface area contributed by atoms with Gasteiger partial charge in [0.1, 0.15) is 0 Å². The van der Waals surface area contributed by atoms with Gasteiger partial charge in [0, 0.05) is 6.54 Å². The van der Waals surface area contributed by atoms with E-state index < -0.39 is 5.82 Å². The highest BCUT2D eigenvalue weighted by Crippen LogP contribution is 2.21. The van der Waals surface area contributed by atoms with Crippen molar-refractivity contribution in [3.05, 3.63) is 64.9 Å². The lowest BCUT2D eigenvalue weighted by Crippen LogP contribution is -2.31. The molecule has 0 aliphatic carbocycles. The van der Waals surface area contributed by atoms with Gasteiger partial charge in [-0.2, -0.15) is 0 Å². The van der Waals surface area contributed by atoms with E-state index in [1.54, 1.807) is 12.1 Å². The summed E-state index contributed by atoms with van der Waals surface area (Å²) in [7, 11) is 0. The molecule has 0 saturated carbocycles. The molecule has 0 heterocycles. The molecule has 0 aliphatic rings. The van der Waals surface area contributed by atoms with E-state index in [2.05, 4.69) is 22.8 Å². The van der Waals surface area contributed by atoms with Crippen LogP contribution in [0.1, 0.15) is 12.0 Å². The molecule has 116 valence electrons. The first-order chi connectivity index (χ1) is 10.7. The molecule has 22 heavy (non-hydrogen) atoms. The Morgan fingerprint density at radius 2 is 1.86 bits per heavy atom. The van der Waals surface area contributed by atoms with Crippen LogP contribution in [0.15, 0.2) is 48.5 Å². The fraction of sp³-hybridized carbons (Fsp3) is 0.235. The first-order valence-corrected chi connectivity index (χ1v) is 7.53. The van der Waals surface area contributed by atoms with E-state index in [0.29, 0.717) is 6.54 Å². The molecule has 0 unspecified atom stereocenters. The van der Waals surface area contributed by atoms with Gasteiger partial charge in [0.05, 0.1) is 17.3 Å². The second kappa shape index (κ2) is 8.39. The Labute approximate surface area is 134 Å². The lowest BCUT2D eigenvalue weighted by molar-refractivity contribution is -0.119. The van der Waals surface area contributed by atoms with Crippen LogP contribution in [0.5, 0.6) is 0 Å². The van der Waals surface area contributed by atoms with Crippen molar-refractivity contribution in [1.29, 1.82) is 0 Å². The summed E-state index contributed by atoms with van der Waals surface area (Å²) in [5.74, 6) is -0.714. The van der Waals surface area contributed by atoms with Crippen molar-refractivity contribution < 1.29 is 9.18 Å². The Morgan fingerprint density at radius 3 is 2.64 bits per heavy atom. The summed E-state index contributed by atoms with van der Waals surface area (Å²) in [6.07, 6.45) is 1.78. The molecule has 2 rings (SSSR count). The van der Waals surface area contributed by atoms with E-state index in [1.165, 1.54) is 11.6 Å². The highest BCUT2D eigenvalue weighted by molar-refractivity contribution is 6.31. The van der Waals surface area contributed by atoms with Crippen LogP contribution in [-0.4, -0.2) is 19.0 Å². The molecule has 1 amide bonds. The minimum Gasteiger partial charge on any atom is -0.374 e. The Kier molecular flexibility index (Phi) is 6.22. The number of halogens is 2. The number of carbonyl (C=O) groups excluding carboxylic acids is 1. The Morgan fingerprint density at radius 1 is 1.09 bits per heavy atom. The molecule has 0 spiro atoms. The van der Waals surface area contributed by atoms with Crippen LogP contribution in [0.2, 0.25) is 5.02 Å². The zero-order valence-electron chi connectivity index (χ0n) is 12.1. The molecular weight excluding hydrogens is 303 g/mol. The summed E-state index contributed by atoms with van der Waals surface area (Å²) in [5.41, 5.74) is 1.47. The Balaban J connectivity index is 1.67. The van der Waals surface area contributed by atoms with E-state index in [9.17, 15) is 9.18 Å². The summed E-state index contributed by atoms with van der Waals surface area (Å²) in [6.45, 7) is 0.607. The minimum absolute atomic E-state index is 0.0165. The SMILES string of the molecule is O=C(CNc1cccc(Cl)c1F)NCCCc1ccccc1. The molecule has 0 bridgehead atoms. The van der Waals surface area contributed by atoms with Gasteiger partial charge >= 0.3 is 0 Å². The van der Waals surface area contributed by atoms with Gasteiger partial charge in [0.25, 0.3) is 0 Å². The van der Waals surface area contributed by atoms with Crippen molar-refractivity contribution in [2.24, 2.45) is 0 Å². The van der Waals surface area contributed by atoms with Crippen LogP contribution in [0.3, 0.4) is 0 Å². The van der Waals surface area contributed by atoms with Gasteiger partial charge in [-0.15, -0.1) is 0 Å². The quantitative estimate of drug-likeness (QED) is 0.765. The zero-order valence-corrected chi connectivity index (χ0v) is 12.9. The number of hydrogen-bond acceptors (Lipinski definition) is 2. The molecular formula is C17H18ClFN2O. The number of nitrogens with one attached hydrogen (secondary N) is 2. The van der Waals surface area contributed by atoms with Gasteiger partial charge in [-0.1, -0.05) is 48.0 Å². The van der Waals surface area contributed by atoms with E-state index in [4.69, 9.17) is 11.6 Å². The molecule has 0 aromatic heterocycles. The van der Waals surface area contributed by atoms with Crippen molar-refractivity contribution in [3.8, 4) is 0 Å². The van der Waals surface area contributed by atoms with Gasteiger partial charge < -0.3 is 10.6 Å². The second-order valence-corrected chi connectivity index (χ2v) is 5.30. The molecule has 0 aliphatic heterocycles. The molecule has 2 N–H and O–H groups in total. The third-order valence-corrected chi connectivity index (χ3v) is 3.49. The third kappa shape index (κ3) is 5.04. The Bertz CT molecular complexity index is 619. The highest BCUT2D eigenvalue weighted by Gasteiger charge is 2.07. The second-order valence-electron chi connectivity index (χ2n) is 4.89. The van der Waals surface area contributed by atoms with Gasteiger partial charge in [-0.25, -0.2) is 4.39 Å². The maximum Gasteiger partial charge on any atom is 0.239 e. The molecule has 0 radical (unpaired) electrons. The van der Waals surface area contributed by atoms with E-state index in [0.717, 1.165) is 12.8 Å². The van der Waals surface area contributed by atoms with Crippen molar-refractivity contribution in [2.75, 3.05) is 18.4 Å². The molecule has 3 nitrogen and oxygen atoms in total. The summed E-state index contributed by atoms with van der Waals surface area (Å²) >= 11 is 5.67. The smallest absolute Gasteiger partial charge is 0.239 e. The average Bonchev–Trinajstić information content (AvgIpc) is 2.54. The lowest BCUT2D eigenvalue weighted by Gasteiger charge is -2.09. The fourth-order valence-corrected chi connectivity index (χ4v) is 2.22. The number of aryl methyl sites for hydroxylation is 1. The normalized spacial score (nSPS) is 10.3. The summed E-state index contributed by atoms with van der Waals surface area (Å²) in [5, 5.41) is 5.58. The van der Waals surface area contributed by atoms with Crippen LogP contribution >= 0.6 is 11.6 Å². The number of carbonyl (C=O) groups is 1. The zero-order chi connectivity index (χ0) is 15.8. The van der Waals surface area contributed by atoms with Gasteiger partial charge in [-0.3, -0.25) is 4.79 Å². The predicted octanol–water partition coefficient (Wildman–Crippen LogP) is 3.64. The number of amides is 1. The van der Waals surface area contributed by atoms with Crippen molar-refractivity contribution in [3.63, 3.8) is 0 Å². The minimum atomic E-state index is -0.541.